The highest BCUT2D eigenvalue weighted by Crippen LogP contribution is 2.17. The van der Waals surface area contributed by atoms with Gasteiger partial charge in [0.15, 0.2) is 0 Å². The number of benzene rings is 1. The number of allylic oxidation sites excluding steroid dienone is 2. The van der Waals surface area contributed by atoms with E-state index in [0.717, 1.165) is 22.9 Å². The molecule has 0 spiro atoms. The molecule has 24 heavy (non-hydrogen) atoms. The Morgan fingerprint density at radius 2 is 2.04 bits per heavy atom. The second-order valence-electron chi connectivity index (χ2n) is 5.63. The predicted molar refractivity (Wildman–Crippen MR) is 93.7 cm³/mol. The summed E-state index contributed by atoms with van der Waals surface area (Å²) < 4.78 is 0. The number of hydrogen-bond donors (Lipinski definition) is 2. The highest BCUT2D eigenvalue weighted by Gasteiger charge is 2.09. The summed E-state index contributed by atoms with van der Waals surface area (Å²) >= 11 is 0. The molecule has 0 unspecified atom stereocenters. The lowest BCUT2D eigenvalue weighted by atomic mass is 10.1. The lowest BCUT2D eigenvalue weighted by molar-refractivity contribution is -0.128. The molecule has 5 nitrogen and oxygen atoms in total. The number of aromatic nitrogens is 1. The van der Waals surface area contributed by atoms with E-state index in [1.165, 1.54) is 6.08 Å². The average molecular weight is 326 g/mol. The summed E-state index contributed by atoms with van der Waals surface area (Å²) in [5.74, 6) is -0.303. The number of amides is 1. The Morgan fingerprint density at radius 3 is 2.88 bits per heavy atom. The lowest BCUT2D eigenvalue weighted by Crippen LogP contribution is -2.27. The molecule has 1 heterocycles. The largest absolute Gasteiger partial charge is 0.361 e. The third-order valence-corrected chi connectivity index (χ3v) is 3.79. The smallest absolute Gasteiger partial charge is 0.227 e. The standard InChI is InChI=1S/C19H22N2O3/c22-12-6-2-1-3-7-16(23)13-19(24)20-11-10-15-14-21-18-9-5-4-8-17(15)18/h2,4-6,8-9,12,14,21H,1,3,7,10-11,13H2,(H,20,24)/b6-2+. The second kappa shape index (κ2) is 9.45. The fourth-order valence-electron chi connectivity index (χ4n) is 2.57. The molecular weight excluding hydrogens is 304 g/mol. The van der Waals surface area contributed by atoms with Gasteiger partial charge in [0.1, 0.15) is 12.1 Å². The number of fused-ring (bicyclic) bond motifs is 1. The Bertz CT molecular complexity index is 731. The summed E-state index contributed by atoms with van der Waals surface area (Å²) in [6.45, 7) is 0.510. The van der Waals surface area contributed by atoms with Gasteiger partial charge in [-0.1, -0.05) is 24.3 Å². The highest BCUT2D eigenvalue weighted by molar-refractivity contribution is 5.98. The van der Waals surface area contributed by atoms with E-state index in [-0.39, 0.29) is 18.1 Å². The third kappa shape index (κ3) is 5.50. The molecule has 2 rings (SSSR count). The van der Waals surface area contributed by atoms with Crippen LogP contribution in [-0.2, 0) is 20.8 Å². The molecule has 2 N–H and O–H groups in total. The van der Waals surface area contributed by atoms with Gasteiger partial charge in [-0.15, -0.1) is 0 Å². The number of nitrogens with one attached hydrogen (secondary N) is 2. The molecule has 1 amide bonds. The maximum atomic E-state index is 11.8. The molecule has 0 bridgehead atoms. The fraction of sp³-hybridized carbons (Fsp3) is 0.316. The number of ketones is 1. The van der Waals surface area contributed by atoms with E-state index in [1.807, 2.05) is 30.5 Å². The molecule has 1 aromatic carbocycles. The molecule has 1 aromatic heterocycles. The fourth-order valence-corrected chi connectivity index (χ4v) is 2.57. The van der Waals surface area contributed by atoms with Gasteiger partial charge < -0.3 is 10.3 Å². The van der Waals surface area contributed by atoms with Gasteiger partial charge in [0.05, 0.1) is 6.42 Å². The van der Waals surface area contributed by atoms with E-state index in [0.29, 0.717) is 32.1 Å². The van der Waals surface area contributed by atoms with Crippen molar-refractivity contribution in [1.29, 1.82) is 0 Å². The van der Waals surface area contributed by atoms with Gasteiger partial charge in [-0.3, -0.25) is 14.4 Å². The van der Waals surface area contributed by atoms with Crippen LogP contribution in [0.15, 0.2) is 42.6 Å². The van der Waals surface area contributed by atoms with Crippen molar-refractivity contribution in [2.24, 2.45) is 0 Å². The number of para-hydroxylation sites is 1. The van der Waals surface area contributed by atoms with Gasteiger partial charge in [-0.05, 0) is 37.0 Å². The Hall–Kier alpha value is -2.69. The highest BCUT2D eigenvalue weighted by atomic mass is 16.2. The van der Waals surface area contributed by atoms with Gasteiger partial charge >= 0.3 is 0 Å². The van der Waals surface area contributed by atoms with Crippen LogP contribution in [0.5, 0.6) is 0 Å². The number of unbranched alkanes of at least 4 members (excludes halogenated alkanes) is 1. The first kappa shape index (κ1) is 17.7. The summed E-state index contributed by atoms with van der Waals surface area (Å²) in [4.78, 5) is 36.8. The lowest BCUT2D eigenvalue weighted by Gasteiger charge is -2.04. The van der Waals surface area contributed by atoms with Crippen LogP contribution in [0.1, 0.15) is 31.2 Å². The van der Waals surface area contributed by atoms with E-state index in [2.05, 4.69) is 10.3 Å². The molecule has 2 aromatic rings. The van der Waals surface area contributed by atoms with Gasteiger partial charge in [0.2, 0.25) is 5.91 Å². The monoisotopic (exact) mass is 326 g/mol. The van der Waals surface area contributed by atoms with Crippen LogP contribution in [-0.4, -0.2) is 29.5 Å². The summed E-state index contributed by atoms with van der Waals surface area (Å²) in [6.07, 6.45) is 8.14. The summed E-state index contributed by atoms with van der Waals surface area (Å²) in [5.41, 5.74) is 2.23. The number of Topliss-reactive ketones (excluding diaryl/α,β-unsaturated/α-hetero) is 1. The molecule has 5 heteroatoms. The van der Waals surface area contributed by atoms with Crippen LogP contribution in [0, 0.1) is 0 Å². The van der Waals surface area contributed by atoms with Crippen LogP contribution < -0.4 is 5.32 Å². The number of rotatable bonds is 10. The number of H-pyrrole nitrogens is 1. The van der Waals surface area contributed by atoms with E-state index < -0.39 is 0 Å². The quantitative estimate of drug-likeness (QED) is 0.305. The first-order valence-corrected chi connectivity index (χ1v) is 8.14. The molecule has 0 atom stereocenters. The van der Waals surface area contributed by atoms with Crippen molar-refractivity contribution < 1.29 is 14.4 Å². The van der Waals surface area contributed by atoms with Crippen molar-refractivity contribution in [2.75, 3.05) is 6.54 Å². The Labute approximate surface area is 141 Å². The second-order valence-corrected chi connectivity index (χ2v) is 5.63. The first-order chi connectivity index (χ1) is 11.7. The van der Waals surface area contributed by atoms with Gasteiger partial charge in [0.25, 0.3) is 0 Å². The summed E-state index contributed by atoms with van der Waals surface area (Å²) in [6, 6.07) is 8.03. The Morgan fingerprint density at radius 1 is 1.21 bits per heavy atom. The number of aldehydes is 1. The van der Waals surface area contributed by atoms with Crippen LogP contribution in [0.3, 0.4) is 0 Å². The molecule has 0 saturated carbocycles. The van der Waals surface area contributed by atoms with E-state index in [9.17, 15) is 14.4 Å². The maximum absolute atomic E-state index is 11.8. The maximum Gasteiger partial charge on any atom is 0.227 e. The van der Waals surface area contributed by atoms with Gasteiger partial charge in [-0.2, -0.15) is 0 Å². The average Bonchev–Trinajstić information content (AvgIpc) is 2.98. The third-order valence-electron chi connectivity index (χ3n) is 3.79. The minimum atomic E-state index is -0.233. The summed E-state index contributed by atoms with van der Waals surface area (Å²) in [5, 5.41) is 3.95. The Kier molecular flexibility index (Phi) is 6.95. The number of carbonyl (C=O) groups is 3. The molecule has 0 saturated heterocycles. The topological polar surface area (TPSA) is 79.0 Å². The molecular formula is C19H22N2O3. The van der Waals surface area contributed by atoms with Crippen LogP contribution in [0.2, 0.25) is 0 Å². The van der Waals surface area contributed by atoms with Crippen LogP contribution >= 0.6 is 0 Å². The van der Waals surface area contributed by atoms with Gasteiger partial charge in [0, 0.05) is 30.1 Å². The SMILES string of the molecule is O=C/C=C/CCCC(=O)CC(=O)NCCc1c[nH]c2ccccc12. The number of carbonyl (C=O) groups excluding carboxylic acids is 3. The van der Waals surface area contributed by atoms with Crippen molar-refractivity contribution in [3.63, 3.8) is 0 Å². The molecule has 0 aliphatic carbocycles. The zero-order valence-corrected chi connectivity index (χ0v) is 13.6. The number of aromatic amines is 1. The summed E-state index contributed by atoms with van der Waals surface area (Å²) in [7, 11) is 0. The van der Waals surface area contributed by atoms with Crippen molar-refractivity contribution in [1.82, 2.24) is 10.3 Å². The van der Waals surface area contributed by atoms with Crippen LogP contribution in [0.25, 0.3) is 10.9 Å². The minimum Gasteiger partial charge on any atom is -0.361 e. The molecule has 126 valence electrons. The molecule has 0 aliphatic heterocycles. The first-order valence-electron chi connectivity index (χ1n) is 8.14. The minimum absolute atomic E-state index is 0.0703. The van der Waals surface area contributed by atoms with Crippen molar-refractivity contribution >= 4 is 28.9 Å². The molecule has 0 fully saturated rings. The molecule has 0 radical (unpaired) electrons. The van der Waals surface area contributed by atoms with Crippen molar-refractivity contribution in [3.05, 3.63) is 48.2 Å². The zero-order valence-electron chi connectivity index (χ0n) is 13.6. The number of hydrogen-bond acceptors (Lipinski definition) is 3. The van der Waals surface area contributed by atoms with Crippen LogP contribution in [0.4, 0.5) is 0 Å². The molecule has 0 aliphatic rings. The van der Waals surface area contributed by atoms with E-state index in [4.69, 9.17) is 0 Å². The van der Waals surface area contributed by atoms with E-state index >= 15 is 0 Å². The zero-order chi connectivity index (χ0) is 17.2. The normalized spacial score (nSPS) is 11.0. The van der Waals surface area contributed by atoms with Crippen molar-refractivity contribution in [2.45, 2.75) is 32.1 Å². The van der Waals surface area contributed by atoms with Crippen molar-refractivity contribution in [3.8, 4) is 0 Å². The van der Waals surface area contributed by atoms with Gasteiger partial charge in [-0.25, -0.2) is 0 Å². The Balaban J connectivity index is 1.67. The predicted octanol–water partition coefficient (Wildman–Crippen LogP) is 2.71. The van der Waals surface area contributed by atoms with E-state index in [1.54, 1.807) is 6.08 Å².